The van der Waals surface area contributed by atoms with Gasteiger partial charge in [-0.2, -0.15) is 0 Å². The summed E-state index contributed by atoms with van der Waals surface area (Å²) in [5.74, 6) is 1.20. The van der Waals surface area contributed by atoms with Gasteiger partial charge in [0.05, 0.1) is 6.54 Å². The summed E-state index contributed by atoms with van der Waals surface area (Å²) in [4.78, 5) is 17.3. The van der Waals surface area contributed by atoms with Gasteiger partial charge in [0.25, 0.3) is 0 Å². The van der Waals surface area contributed by atoms with Crippen molar-refractivity contribution in [3.63, 3.8) is 0 Å². The highest BCUT2D eigenvalue weighted by Gasteiger charge is 2.19. The zero-order chi connectivity index (χ0) is 8.55. The molecule has 0 amide bonds. The number of pyridine rings is 1. The van der Waals surface area contributed by atoms with Gasteiger partial charge in [0.1, 0.15) is 5.82 Å². The Morgan fingerprint density at radius 2 is 2.42 bits per heavy atom. The molecule has 0 atom stereocenters. The molecule has 1 aromatic rings. The Bertz CT molecular complexity index is 322. The number of carbonyl (C=O) groups is 1. The Labute approximate surface area is 71.0 Å². The molecule has 12 heavy (non-hydrogen) atoms. The summed E-state index contributed by atoms with van der Waals surface area (Å²) in [6.45, 7) is 0.490. The molecule has 0 aromatic carbocycles. The van der Waals surface area contributed by atoms with Crippen molar-refractivity contribution in [3.05, 3.63) is 23.9 Å². The minimum atomic E-state index is 0.262. The van der Waals surface area contributed by atoms with Gasteiger partial charge in [-0.3, -0.25) is 4.79 Å². The van der Waals surface area contributed by atoms with Crippen molar-refractivity contribution in [3.8, 4) is 0 Å². The third-order valence-corrected chi connectivity index (χ3v) is 2.03. The highest BCUT2D eigenvalue weighted by Crippen LogP contribution is 2.20. The van der Waals surface area contributed by atoms with E-state index >= 15 is 0 Å². The number of nitrogens with zero attached hydrogens (tertiary/aromatic N) is 2. The SMILES string of the molecule is CN1CC(=O)Cc2cccnc21. The fourth-order valence-corrected chi connectivity index (χ4v) is 1.52. The molecule has 1 aromatic heterocycles. The van der Waals surface area contributed by atoms with Crippen molar-refractivity contribution in [1.29, 1.82) is 0 Å². The van der Waals surface area contributed by atoms with Crippen molar-refractivity contribution < 1.29 is 4.79 Å². The number of Topliss-reactive ketones (excluding diaryl/α,β-unsaturated/α-hetero) is 1. The molecule has 0 fully saturated rings. The number of rotatable bonds is 0. The number of ketones is 1. The second-order valence-corrected chi connectivity index (χ2v) is 3.06. The van der Waals surface area contributed by atoms with E-state index in [9.17, 15) is 4.79 Å². The van der Waals surface area contributed by atoms with E-state index in [0.717, 1.165) is 11.4 Å². The normalized spacial score (nSPS) is 16.1. The summed E-state index contributed by atoms with van der Waals surface area (Å²) < 4.78 is 0. The molecule has 3 heteroatoms. The molecule has 0 bridgehead atoms. The van der Waals surface area contributed by atoms with Gasteiger partial charge in [0, 0.05) is 25.2 Å². The lowest BCUT2D eigenvalue weighted by atomic mass is 10.1. The van der Waals surface area contributed by atoms with Crippen molar-refractivity contribution in [2.24, 2.45) is 0 Å². The van der Waals surface area contributed by atoms with E-state index in [1.807, 2.05) is 24.1 Å². The molecule has 1 aliphatic heterocycles. The van der Waals surface area contributed by atoms with E-state index in [-0.39, 0.29) is 5.78 Å². The second kappa shape index (κ2) is 2.59. The van der Waals surface area contributed by atoms with Crippen LogP contribution < -0.4 is 4.90 Å². The average molecular weight is 162 g/mol. The highest BCUT2D eigenvalue weighted by atomic mass is 16.1. The number of aromatic nitrogens is 1. The van der Waals surface area contributed by atoms with E-state index in [1.54, 1.807) is 6.20 Å². The highest BCUT2D eigenvalue weighted by molar-refractivity contribution is 5.89. The quantitative estimate of drug-likeness (QED) is 0.561. The summed E-state index contributed by atoms with van der Waals surface area (Å²) in [6, 6.07) is 3.82. The first-order valence-corrected chi connectivity index (χ1v) is 3.94. The number of hydrogen-bond acceptors (Lipinski definition) is 3. The minimum absolute atomic E-state index is 0.262. The van der Waals surface area contributed by atoms with Crippen LogP contribution in [0.4, 0.5) is 5.82 Å². The van der Waals surface area contributed by atoms with Gasteiger partial charge in [0.15, 0.2) is 5.78 Å². The van der Waals surface area contributed by atoms with E-state index in [1.165, 1.54) is 0 Å². The fourth-order valence-electron chi connectivity index (χ4n) is 1.52. The average Bonchev–Trinajstić information content (AvgIpc) is 2.04. The largest absolute Gasteiger partial charge is 0.352 e. The number of likely N-dealkylation sites (N-methyl/N-ethyl adjacent to an activating group) is 1. The van der Waals surface area contributed by atoms with E-state index in [4.69, 9.17) is 0 Å². The van der Waals surface area contributed by atoms with Crippen LogP contribution in [0, 0.1) is 0 Å². The third kappa shape index (κ3) is 1.07. The molecule has 0 saturated heterocycles. The van der Waals surface area contributed by atoms with Crippen LogP contribution in [0.1, 0.15) is 5.56 Å². The second-order valence-electron chi connectivity index (χ2n) is 3.06. The zero-order valence-corrected chi connectivity index (χ0v) is 6.95. The molecule has 1 aliphatic rings. The predicted molar refractivity (Wildman–Crippen MR) is 46.2 cm³/mol. The molecular weight excluding hydrogens is 152 g/mol. The van der Waals surface area contributed by atoms with Crippen LogP contribution in [0.2, 0.25) is 0 Å². The summed E-state index contributed by atoms with van der Waals surface area (Å²) in [5.41, 5.74) is 1.04. The lowest BCUT2D eigenvalue weighted by Gasteiger charge is -2.24. The Morgan fingerprint density at radius 3 is 3.25 bits per heavy atom. The Hall–Kier alpha value is -1.38. The van der Waals surface area contributed by atoms with Gasteiger partial charge in [-0.05, 0) is 6.07 Å². The van der Waals surface area contributed by atoms with E-state index in [0.29, 0.717) is 13.0 Å². The third-order valence-electron chi connectivity index (χ3n) is 2.03. The molecule has 0 radical (unpaired) electrons. The van der Waals surface area contributed by atoms with Gasteiger partial charge < -0.3 is 4.90 Å². The van der Waals surface area contributed by atoms with Crippen molar-refractivity contribution in [2.45, 2.75) is 6.42 Å². The number of carbonyl (C=O) groups excluding carboxylic acids is 1. The molecule has 0 spiro atoms. The molecule has 0 saturated carbocycles. The van der Waals surface area contributed by atoms with Gasteiger partial charge in [0.2, 0.25) is 0 Å². The first-order chi connectivity index (χ1) is 5.77. The minimum Gasteiger partial charge on any atom is -0.352 e. The van der Waals surface area contributed by atoms with Gasteiger partial charge in [-0.15, -0.1) is 0 Å². The lowest BCUT2D eigenvalue weighted by Crippen LogP contribution is -2.32. The Morgan fingerprint density at radius 1 is 1.58 bits per heavy atom. The summed E-state index contributed by atoms with van der Waals surface area (Å²) >= 11 is 0. The summed E-state index contributed by atoms with van der Waals surface area (Å²) in [7, 11) is 1.89. The molecule has 0 unspecified atom stereocenters. The van der Waals surface area contributed by atoms with Crippen LogP contribution in [-0.2, 0) is 11.2 Å². The lowest BCUT2D eigenvalue weighted by molar-refractivity contribution is -0.117. The molecule has 2 rings (SSSR count). The first kappa shape index (κ1) is 7.28. The van der Waals surface area contributed by atoms with Gasteiger partial charge in [-0.25, -0.2) is 4.98 Å². The maximum Gasteiger partial charge on any atom is 0.156 e. The number of anilines is 1. The smallest absolute Gasteiger partial charge is 0.156 e. The first-order valence-electron chi connectivity index (χ1n) is 3.94. The standard InChI is InChI=1S/C9H10N2O/c1-11-6-8(12)5-7-3-2-4-10-9(7)11/h2-4H,5-6H2,1H3. The zero-order valence-electron chi connectivity index (χ0n) is 6.95. The van der Waals surface area contributed by atoms with Crippen LogP contribution >= 0.6 is 0 Å². The number of hydrogen-bond donors (Lipinski definition) is 0. The van der Waals surface area contributed by atoms with Crippen LogP contribution in [-0.4, -0.2) is 24.4 Å². The predicted octanol–water partition coefficient (Wildman–Crippen LogP) is 0.643. The fraction of sp³-hybridized carbons (Fsp3) is 0.333. The molecular formula is C9H10N2O. The van der Waals surface area contributed by atoms with Crippen LogP contribution in [0.3, 0.4) is 0 Å². The maximum atomic E-state index is 11.2. The summed E-state index contributed by atoms with van der Waals surface area (Å²) in [5, 5.41) is 0. The van der Waals surface area contributed by atoms with Crippen molar-refractivity contribution >= 4 is 11.6 Å². The van der Waals surface area contributed by atoms with Crippen molar-refractivity contribution in [2.75, 3.05) is 18.5 Å². The van der Waals surface area contributed by atoms with E-state index in [2.05, 4.69) is 4.98 Å². The Balaban J connectivity index is 2.47. The van der Waals surface area contributed by atoms with E-state index < -0.39 is 0 Å². The van der Waals surface area contributed by atoms with Gasteiger partial charge >= 0.3 is 0 Å². The monoisotopic (exact) mass is 162 g/mol. The van der Waals surface area contributed by atoms with Crippen molar-refractivity contribution in [1.82, 2.24) is 4.98 Å². The van der Waals surface area contributed by atoms with Crippen LogP contribution in [0.25, 0.3) is 0 Å². The molecule has 0 aliphatic carbocycles. The molecule has 0 N–H and O–H groups in total. The maximum absolute atomic E-state index is 11.2. The van der Waals surface area contributed by atoms with Gasteiger partial charge in [-0.1, -0.05) is 6.07 Å². The topological polar surface area (TPSA) is 33.2 Å². The van der Waals surface area contributed by atoms with Crippen LogP contribution in [0.15, 0.2) is 18.3 Å². The molecule has 3 nitrogen and oxygen atoms in total. The van der Waals surface area contributed by atoms with Crippen LogP contribution in [0.5, 0.6) is 0 Å². The molecule has 62 valence electrons. The summed E-state index contributed by atoms with van der Waals surface area (Å²) in [6.07, 6.45) is 2.29. The Kier molecular flexibility index (Phi) is 1.57. The number of fused-ring (bicyclic) bond motifs is 1. The molecule has 2 heterocycles.